The molecule has 1 amide bonds. The molecule has 0 saturated carbocycles. The van der Waals surface area contributed by atoms with Crippen LogP contribution in [0.1, 0.15) is 33.1 Å². The van der Waals surface area contributed by atoms with Crippen LogP contribution in [0.3, 0.4) is 0 Å². The highest BCUT2D eigenvalue weighted by atomic mass is 35.5. The Balaban J connectivity index is 0.00000225. The van der Waals surface area contributed by atoms with Gasteiger partial charge in [-0.1, -0.05) is 20.3 Å². The first-order chi connectivity index (χ1) is 7.19. The molecule has 2 atom stereocenters. The fourth-order valence-corrected chi connectivity index (χ4v) is 2.36. The summed E-state index contributed by atoms with van der Waals surface area (Å²) < 4.78 is 0. The first-order valence-corrected chi connectivity index (χ1v) is 6.12. The monoisotopic (exact) mass is 248 g/mol. The van der Waals surface area contributed by atoms with Crippen molar-refractivity contribution >= 4 is 18.3 Å². The minimum absolute atomic E-state index is 0. The van der Waals surface area contributed by atoms with E-state index in [9.17, 15) is 4.79 Å². The molecule has 0 aliphatic carbocycles. The van der Waals surface area contributed by atoms with Crippen LogP contribution in [0.5, 0.6) is 0 Å². The van der Waals surface area contributed by atoms with Gasteiger partial charge in [0.2, 0.25) is 5.91 Å². The number of rotatable bonds is 5. The maximum Gasteiger partial charge on any atom is 0.225 e. The van der Waals surface area contributed by atoms with Gasteiger partial charge in [-0.05, 0) is 32.4 Å². The van der Waals surface area contributed by atoms with Gasteiger partial charge in [-0.15, -0.1) is 12.4 Å². The number of hydrogen-bond acceptors (Lipinski definition) is 2. The molecule has 96 valence electrons. The van der Waals surface area contributed by atoms with Crippen molar-refractivity contribution < 1.29 is 4.79 Å². The van der Waals surface area contributed by atoms with Crippen molar-refractivity contribution in [3.8, 4) is 0 Å². The summed E-state index contributed by atoms with van der Waals surface area (Å²) in [6, 6.07) is 0. The molecule has 1 saturated heterocycles. The van der Waals surface area contributed by atoms with Crippen LogP contribution in [-0.4, -0.2) is 37.5 Å². The van der Waals surface area contributed by atoms with E-state index in [1.54, 1.807) is 0 Å². The number of likely N-dealkylation sites (tertiary alicyclic amines) is 1. The molecule has 16 heavy (non-hydrogen) atoms. The van der Waals surface area contributed by atoms with Gasteiger partial charge in [-0.25, -0.2) is 0 Å². The largest absolute Gasteiger partial charge is 0.342 e. The van der Waals surface area contributed by atoms with Gasteiger partial charge >= 0.3 is 0 Å². The number of nitrogens with zero attached hydrogens (tertiary/aromatic N) is 1. The Morgan fingerprint density at radius 2 is 2.25 bits per heavy atom. The van der Waals surface area contributed by atoms with Crippen LogP contribution >= 0.6 is 12.4 Å². The Morgan fingerprint density at radius 1 is 1.56 bits per heavy atom. The summed E-state index contributed by atoms with van der Waals surface area (Å²) in [5, 5.41) is 3.19. The quantitative estimate of drug-likeness (QED) is 0.806. The van der Waals surface area contributed by atoms with Crippen LogP contribution in [0.25, 0.3) is 0 Å². The smallest absolute Gasteiger partial charge is 0.225 e. The van der Waals surface area contributed by atoms with Crippen molar-refractivity contribution in [2.24, 2.45) is 11.8 Å². The molecule has 0 aromatic carbocycles. The maximum atomic E-state index is 12.0. The Labute approximate surface area is 105 Å². The fraction of sp³-hybridized carbons (Fsp3) is 0.917. The molecule has 0 radical (unpaired) electrons. The molecule has 0 spiro atoms. The minimum atomic E-state index is 0. The SMILES string of the molecule is CCCC(C)C(=O)N1CCC(CNC)C1.Cl. The molecule has 0 aromatic rings. The molecule has 0 aromatic heterocycles. The second kappa shape index (κ2) is 7.91. The Bertz CT molecular complexity index is 211. The van der Waals surface area contributed by atoms with E-state index in [0.29, 0.717) is 11.8 Å². The molecule has 3 nitrogen and oxygen atoms in total. The zero-order chi connectivity index (χ0) is 11.3. The number of carbonyl (C=O) groups is 1. The van der Waals surface area contributed by atoms with Crippen LogP contribution in [0.2, 0.25) is 0 Å². The van der Waals surface area contributed by atoms with Gasteiger partial charge in [-0.2, -0.15) is 0 Å². The molecule has 1 rings (SSSR count). The van der Waals surface area contributed by atoms with Gasteiger partial charge in [0, 0.05) is 19.0 Å². The Hall–Kier alpha value is -0.280. The normalized spacial score (nSPS) is 21.7. The van der Waals surface area contributed by atoms with Gasteiger partial charge in [-0.3, -0.25) is 4.79 Å². The van der Waals surface area contributed by atoms with Crippen LogP contribution < -0.4 is 5.32 Å². The average molecular weight is 249 g/mol. The fourth-order valence-electron chi connectivity index (χ4n) is 2.36. The van der Waals surface area contributed by atoms with Crippen molar-refractivity contribution in [3.63, 3.8) is 0 Å². The summed E-state index contributed by atoms with van der Waals surface area (Å²) in [4.78, 5) is 14.0. The van der Waals surface area contributed by atoms with E-state index in [0.717, 1.165) is 38.9 Å². The lowest BCUT2D eigenvalue weighted by Gasteiger charge is -2.20. The predicted octanol–water partition coefficient (Wildman–Crippen LogP) is 1.91. The maximum absolute atomic E-state index is 12.0. The van der Waals surface area contributed by atoms with E-state index in [2.05, 4.69) is 19.2 Å². The standard InChI is InChI=1S/C12H24N2O.ClH/c1-4-5-10(2)12(15)14-7-6-11(9-14)8-13-3;/h10-11,13H,4-9H2,1-3H3;1H. The van der Waals surface area contributed by atoms with E-state index in [4.69, 9.17) is 0 Å². The van der Waals surface area contributed by atoms with Crippen molar-refractivity contribution in [1.82, 2.24) is 10.2 Å². The van der Waals surface area contributed by atoms with E-state index in [1.807, 2.05) is 11.9 Å². The van der Waals surface area contributed by atoms with Crippen molar-refractivity contribution in [1.29, 1.82) is 0 Å². The molecule has 1 aliphatic heterocycles. The number of halogens is 1. The van der Waals surface area contributed by atoms with Crippen LogP contribution in [0, 0.1) is 11.8 Å². The predicted molar refractivity (Wildman–Crippen MR) is 69.9 cm³/mol. The molecule has 1 aliphatic rings. The molecular weight excluding hydrogens is 224 g/mol. The second-order valence-electron chi connectivity index (χ2n) is 4.69. The Kier molecular flexibility index (Phi) is 7.77. The summed E-state index contributed by atoms with van der Waals surface area (Å²) in [5.74, 6) is 1.23. The van der Waals surface area contributed by atoms with Crippen molar-refractivity contribution in [2.45, 2.75) is 33.1 Å². The van der Waals surface area contributed by atoms with Crippen molar-refractivity contribution in [2.75, 3.05) is 26.7 Å². The molecule has 1 fully saturated rings. The highest BCUT2D eigenvalue weighted by Crippen LogP contribution is 2.19. The lowest BCUT2D eigenvalue weighted by atomic mass is 10.0. The highest BCUT2D eigenvalue weighted by molar-refractivity contribution is 5.85. The Morgan fingerprint density at radius 3 is 2.81 bits per heavy atom. The van der Waals surface area contributed by atoms with Gasteiger partial charge in [0.05, 0.1) is 0 Å². The van der Waals surface area contributed by atoms with Gasteiger partial charge < -0.3 is 10.2 Å². The zero-order valence-corrected chi connectivity index (χ0v) is 11.5. The van der Waals surface area contributed by atoms with Gasteiger partial charge in [0.1, 0.15) is 0 Å². The summed E-state index contributed by atoms with van der Waals surface area (Å²) in [7, 11) is 1.98. The topological polar surface area (TPSA) is 32.3 Å². The number of hydrogen-bond donors (Lipinski definition) is 1. The van der Waals surface area contributed by atoms with E-state index >= 15 is 0 Å². The molecule has 4 heteroatoms. The lowest BCUT2D eigenvalue weighted by molar-refractivity contribution is -0.134. The first kappa shape index (κ1) is 15.7. The summed E-state index contributed by atoms with van der Waals surface area (Å²) in [6.45, 7) is 7.13. The molecule has 0 bridgehead atoms. The van der Waals surface area contributed by atoms with E-state index in [-0.39, 0.29) is 18.3 Å². The van der Waals surface area contributed by atoms with Crippen LogP contribution in [0.4, 0.5) is 0 Å². The summed E-state index contributed by atoms with van der Waals surface area (Å²) >= 11 is 0. The van der Waals surface area contributed by atoms with E-state index in [1.165, 1.54) is 0 Å². The third-order valence-corrected chi connectivity index (χ3v) is 3.23. The van der Waals surface area contributed by atoms with Gasteiger partial charge in [0.25, 0.3) is 0 Å². The summed E-state index contributed by atoms with van der Waals surface area (Å²) in [6.07, 6.45) is 3.28. The third-order valence-electron chi connectivity index (χ3n) is 3.23. The van der Waals surface area contributed by atoms with Crippen LogP contribution in [0.15, 0.2) is 0 Å². The zero-order valence-electron chi connectivity index (χ0n) is 10.7. The molecule has 1 heterocycles. The highest BCUT2D eigenvalue weighted by Gasteiger charge is 2.27. The molecule has 2 unspecified atom stereocenters. The molecular formula is C12H25ClN2O. The van der Waals surface area contributed by atoms with Gasteiger partial charge in [0.15, 0.2) is 0 Å². The number of nitrogens with one attached hydrogen (secondary N) is 1. The number of carbonyl (C=O) groups excluding carboxylic acids is 1. The first-order valence-electron chi connectivity index (χ1n) is 6.12. The van der Waals surface area contributed by atoms with Crippen LogP contribution in [-0.2, 0) is 4.79 Å². The number of amides is 1. The third kappa shape index (κ3) is 4.30. The second-order valence-corrected chi connectivity index (χ2v) is 4.69. The molecule has 1 N–H and O–H groups in total. The summed E-state index contributed by atoms with van der Waals surface area (Å²) in [5.41, 5.74) is 0. The lowest BCUT2D eigenvalue weighted by Crippen LogP contribution is -2.34. The van der Waals surface area contributed by atoms with Crippen molar-refractivity contribution in [3.05, 3.63) is 0 Å². The average Bonchev–Trinajstić information content (AvgIpc) is 2.66. The minimum Gasteiger partial charge on any atom is -0.342 e. The van der Waals surface area contributed by atoms with E-state index < -0.39 is 0 Å².